The van der Waals surface area contributed by atoms with E-state index in [1.54, 1.807) is 7.05 Å². The lowest BCUT2D eigenvalue weighted by molar-refractivity contribution is 0.489. The minimum Gasteiger partial charge on any atom is -0.235 e. The molecular weight excluding hydrogens is 320 g/mol. The molecule has 6 nitrogen and oxygen atoms in total. The Kier molecular flexibility index (Phi) is 4.08. The summed E-state index contributed by atoms with van der Waals surface area (Å²) in [5.74, 6) is 0.686. The molecule has 18 heavy (non-hydrogen) atoms. The van der Waals surface area contributed by atoms with Crippen LogP contribution in [0, 0.1) is 5.92 Å². The maximum atomic E-state index is 12.3. The van der Waals surface area contributed by atoms with Crippen LogP contribution in [0.15, 0.2) is 9.63 Å². The highest BCUT2D eigenvalue weighted by Crippen LogP contribution is 2.34. The molecule has 0 radical (unpaired) electrons. The van der Waals surface area contributed by atoms with Gasteiger partial charge >= 0.3 is 0 Å². The van der Waals surface area contributed by atoms with Crippen molar-refractivity contribution in [3.05, 3.63) is 4.60 Å². The fourth-order valence-corrected chi connectivity index (χ4v) is 4.36. The number of rotatable bonds is 6. The second-order valence-corrected chi connectivity index (χ2v) is 7.09. The summed E-state index contributed by atoms with van der Waals surface area (Å²) in [5.41, 5.74) is 0. The molecule has 1 aromatic rings. The Labute approximate surface area is 115 Å². The third-order valence-corrected chi connectivity index (χ3v) is 5.53. The van der Waals surface area contributed by atoms with Crippen LogP contribution >= 0.6 is 15.9 Å². The molecule has 0 amide bonds. The topological polar surface area (TPSA) is 76.9 Å². The number of nitrogens with zero attached hydrogens (tertiary/aromatic N) is 3. The van der Waals surface area contributed by atoms with Gasteiger partial charge in [-0.2, -0.15) is 0 Å². The predicted octanol–water partition coefficient (Wildman–Crippen LogP) is 1.43. The van der Waals surface area contributed by atoms with E-state index in [0.717, 1.165) is 12.8 Å². The maximum Gasteiger partial charge on any atom is 0.260 e. The third-order valence-electron chi connectivity index (χ3n) is 3.12. The zero-order valence-electron chi connectivity index (χ0n) is 10.4. The standard InChI is InChI=1S/C10H17BrN4O2S/c1-3-8(6-7-4-5-7)13-18(16,17)10-9(11)12-14-15(10)2/h7-8,13H,3-6H2,1-2H3. The lowest BCUT2D eigenvalue weighted by Crippen LogP contribution is -2.35. The van der Waals surface area contributed by atoms with E-state index < -0.39 is 10.0 Å². The van der Waals surface area contributed by atoms with Crippen LogP contribution in [0.2, 0.25) is 0 Å². The summed E-state index contributed by atoms with van der Waals surface area (Å²) in [6.07, 6.45) is 4.14. The van der Waals surface area contributed by atoms with Gasteiger partial charge in [0.1, 0.15) is 0 Å². The Balaban J connectivity index is 2.15. The normalized spacial score (nSPS) is 17.9. The molecule has 0 bridgehead atoms. The third kappa shape index (κ3) is 3.10. The first-order chi connectivity index (χ1) is 8.44. The quantitative estimate of drug-likeness (QED) is 0.852. The van der Waals surface area contributed by atoms with Gasteiger partial charge in [0, 0.05) is 13.1 Å². The van der Waals surface area contributed by atoms with Gasteiger partial charge < -0.3 is 0 Å². The predicted molar refractivity (Wildman–Crippen MR) is 70.4 cm³/mol. The van der Waals surface area contributed by atoms with Crippen molar-refractivity contribution in [3.63, 3.8) is 0 Å². The molecule has 0 spiro atoms. The fraction of sp³-hybridized carbons (Fsp3) is 0.800. The van der Waals surface area contributed by atoms with Gasteiger partial charge in [-0.05, 0) is 34.7 Å². The van der Waals surface area contributed by atoms with Crippen LogP contribution in [0.5, 0.6) is 0 Å². The second kappa shape index (κ2) is 5.26. The van der Waals surface area contributed by atoms with Crippen molar-refractivity contribution in [1.29, 1.82) is 0 Å². The smallest absolute Gasteiger partial charge is 0.235 e. The summed E-state index contributed by atoms with van der Waals surface area (Å²) in [5, 5.41) is 7.47. The molecule has 0 saturated heterocycles. The highest BCUT2D eigenvalue weighted by molar-refractivity contribution is 9.10. The summed E-state index contributed by atoms with van der Waals surface area (Å²) in [4.78, 5) is 0. The van der Waals surface area contributed by atoms with Gasteiger partial charge in [-0.15, -0.1) is 5.10 Å². The molecular formula is C10H17BrN4O2S. The largest absolute Gasteiger partial charge is 0.260 e. The Morgan fingerprint density at radius 3 is 2.67 bits per heavy atom. The van der Waals surface area contributed by atoms with Crippen molar-refractivity contribution in [1.82, 2.24) is 19.7 Å². The van der Waals surface area contributed by atoms with E-state index in [4.69, 9.17) is 0 Å². The fourth-order valence-electron chi connectivity index (χ4n) is 1.94. The van der Waals surface area contributed by atoms with Crippen molar-refractivity contribution >= 4 is 26.0 Å². The number of hydrogen-bond acceptors (Lipinski definition) is 4. The van der Waals surface area contributed by atoms with Gasteiger partial charge in [-0.3, -0.25) is 0 Å². The number of aryl methyl sites for hydroxylation is 1. The summed E-state index contributed by atoms with van der Waals surface area (Å²) in [6, 6.07) is -0.00991. The number of hydrogen-bond donors (Lipinski definition) is 1. The Morgan fingerprint density at radius 2 is 2.22 bits per heavy atom. The van der Waals surface area contributed by atoms with E-state index in [2.05, 4.69) is 31.0 Å². The first-order valence-corrected chi connectivity index (χ1v) is 8.29. The monoisotopic (exact) mass is 336 g/mol. The summed E-state index contributed by atoms with van der Waals surface area (Å²) in [7, 11) is -2.00. The average molecular weight is 337 g/mol. The Morgan fingerprint density at radius 1 is 1.56 bits per heavy atom. The summed E-state index contributed by atoms with van der Waals surface area (Å²) < 4.78 is 28.8. The lowest BCUT2D eigenvalue weighted by Gasteiger charge is -2.16. The van der Waals surface area contributed by atoms with Crippen LogP contribution in [-0.4, -0.2) is 29.5 Å². The summed E-state index contributed by atoms with van der Waals surface area (Å²) >= 11 is 3.11. The average Bonchev–Trinajstić information content (AvgIpc) is 3.02. The van der Waals surface area contributed by atoms with Gasteiger partial charge in [0.15, 0.2) is 4.60 Å². The van der Waals surface area contributed by atoms with Gasteiger partial charge in [0.2, 0.25) is 5.03 Å². The van der Waals surface area contributed by atoms with Crippen LogP contribution in [0.3, 0.4) is 0 Å². The van der Waals surface area contributed by atoms with E-state index in [1.165, 1.54) is 17.5 Å². The molecule has 2 rings (SSSR count). The molecule has 1 N–H and O–H groups in total. The van der Waals surface area contributed by atoms with Crippen molar-refractivity contribution in [2.75, 3.05) is 0 Å². The lowest BCUT2D eigenvalue weighted by atomic mass is 10.1. The molecule has 1 aliphatic carbocycles. The Bertz CT molecular complexity index is 504. The van der Waals surface area contributed by atoms with Crippen molar-refractivity contribution in [2.45, 2.75) is 43.7 Å². The molecule has 0 aliphatic heterocycles. The molecule has 1 aliphatic rings. The van der Waals surface area contributed by atoms with Crippen LogP contribution in [0.25, 0.3) is 0 Å². The number of sulfonamides is 1. The van der Waals surface area contributed by atoms with Crippen molar-refractivity contribution < 1.29 is 8.42 Å². The maximum absolute atomic E-state index is 12.3. The van der Waals surface area contributed by atoms with E-state index in [1.807, 2.05) is 6.92 Å². The molecule has 1 atom stereocenters. The zero-order chi connectivity index (χ0) is 13.3. The van der Waals surface area contributed by atoms with Crippen LogP contribution in [0.1, 0.15) is 32.6 Å². The molecule has 8 heteroatoms. The Hall–Kier alpha value is -0.470. The molecule has 102 valence electrons. The molecule has 1 heterocycles. The molecule has 1 saturated carbocycles. The highest BCUT2D eigenvalue weighted by Gasteiger charge is 2.30. The molecule has 0 aromatic carbocycles. The number of halogens is 1. The van der Waals surface area contributed by atoms with Crippen LogP contribution < -0.4 is 4.72 Å². The van der Waals surface area contributed by atoms with E-state index in [0.29, 0.717) is 5.92 Å². The van der Waals surface area contributed by atoms with Crippen LogP contribution in [0.4, 0.5) is 0 Å². The highest BCUT2D eigenvalue weighted by atomic mass is 79.9. The van der Waals surface area contributed by atoms with Gasteiger partial charge in [0.05, 0.1) is 0 Å². The van der Waals surface area contributed by atoms with Gasteiger partial charge in [-0.1, -0.05) is 25.0 Å². The van der Waals surface area contributed by atoms with E-state index in [9.17, 15) is 8.42 Å². The second-order valence-electron chi connectivity index (χ2n) is 4.71. The SMILES string of the molecule is CCC(CC1CC1)NS(=O)(=O)c1c(Br)nnn1C. The molecule has 1 aromatic heterocycles. The van der Waals surface area contributed by atoms with Crippen LogP contribution in [-0.2, 0) is 17.1 Å². The number of aromatic nitrogens is 3. The van der Waals surface area contributed by atoms with Gasteiger partial charge in [-0.25, -0.2) is 17.8 Å². The summed E-state index contributed by atoms with van der Waals surface area (Å²) in [6.45, 7) is 1.99. The molecule has 1 fully saturated rings. The van der Waals surface area contributed by atoms with E-state index >= 15 is 0 Å². The minimum absolute atomic E-state index is 0.00991. The van der Waals surface area contributed by atoms with Gasteiger partial charge in [0.25, 0.3) is 10.0 Å². The number of nitrogens with one attached hydrogen (secondary N) is 1. The van der Waals surface area contributed by atoms with E-state index in [-0.39, 0.29) is 15.7 Å². The minimum atomic E-state index is -3.57. The zero-order valence-corrected chi connectivity index (χ0v) is 12.8. The molecule has 1 unspecified atom stereocenters. The first kappa shape index (κ1) is 14.0. The van der Waals surface area contributed by atoms with Crippen molar-refractivity contribution in [2.24, 2.45) is 13.0 Å². The first-order valence-electron chi connectivity index (χ1n) is 6.01. The van der Waals surface area contributed by atoms with Crippen molar-refractivity contribution in [3.8, 4) is 0 Å².